The normalized spacial score (nSPS) is 26.9. The summed E-state index contributed by atoms with van der Waals surface area (Å²) in [5.41, 5.74) is 0. The fourth-order valence-electron chi connectivity index (χ4n) is 1.74. The molecule has 4 heteroatoms. The van der Waals surface area contributed by atoms with Gasteiger partial charge in [0.25, 0.3) is 0 Å². The van der Waals surface area contributed by atoms with Crippen molar-refractivity contribution in [2.75, 3.05) is 20.1 Å². The van der Waals surface area contributed by atoms with Gasteiger partial charge in [0.1, 0.15) is 0 Å². The van der Waals surface area contributed by atoms with Crippen molar-refractivity contribution in [2.24, 2.45) is 0 Å². The molecule has 82 valence electrons. The van der Waals surface area contributed by atoms with Gasteiger partial charge in [0.15, 0.2) is 6.10 Å². The van der Waals surface area contributed by atoms with Crippen molar-refractivity contribution in [1.82, 2.24) is 4.90 Å². The van der Waals surface area contributed by atoms with E-state index in [0.717, 1.165) is 25.9 Å². The van der Waals surface area contributed by atoms with Gasteiger partial charge in [-0.05, 0) is 39.8 Å². The van der Waals surface area contributed by atoms with E-state index >= 15 is 0 Å². The number of carbonyl (C=O) groups is 1. The maximum absolute atomic E-state index is 10.6. The lowest BCUT2D eigenvalue weighted by Crippen LogP contribution is -2.34. The number of ether oxygens (including phenoxy) is 1. The average Bonchev–Trinajstić information content (AvgIpc) is 2.29. The number of hydrogen-bond donors (Lipinski definition) is 1. The van der Waals surface area contributed by atoms with Gasteiger partial charge in [0.2, 0.25) is 0 Å². The van der Waals surface area contributed by atoms with Crippen LogP contribution in [-0.2, 0) is 9.53 Å². The van der Waals surface area contributed by atoms with E-state index in [-0.39, 0.29) is 6.10 Å². The average molecular weight is 201 g/mol. The van der Waals surface area contributed by atoms with Crippen molar-refractivity contribution in [2.45, 2.75) is 38.4 Å². The number of carboxylic acids is 1. The molecule has 1 fully saturated rings. The van der Waals surface area contributed by atoms with Crippen molar-refractivity contribution in [3.63, 3.8) is 0 Å². The first-order valence-electron chi connectivity index (χ1n) is 5.16. The summed E-state index contributed by atoms with van der Waals surface area (Å²) in [6, 6.07) is 0. The standard InChI is InChI=1S/C10H19NO3/c1-8(10(12)13)14-9-5-3-4-6-11(2)7-9/h8-9H,3-7H2,1-2H3,(H,12,13). The quantitative estimate of drug-likeness (QED) is 0.739. The predicted molar refractivity (Wildman–Crippen MR) is 53.3 cm³/mol. The second-order valence-corrected chi connectivity index (χ2v) is 4.00. The molecule has 1 N–H and O–H groups in total. The SMILES string of the molecule is CC(OC1CCCCN(C)C1)C(=O)O. The third kappa shape index (κ3) is 3.64. The van der Waals surface area contributed by atoms with Crippen molar-refractivity contribution < 1.29 is 14.6 Å². The topological polar surface area (TPSA) is 49.8 Å². The maximum Gasteiger partial charge on any atom is 0.332 e. The summed E-state index contributed by atoms with van der Waals surface area (Å²) in [5.74, 6) is -0.878. The number of carboxylic acid groups (broad SMARTS) is 1. The monoisotopic (exact) mass is 201 g/mol. The Bertz CT molecular complexity index is 196. The molecule has 14 heavy (non-hydrogen) atoms. The summed E-state index contributed by atoms with van der Waals surface area (Å²) >= 11 is 0. The van der Waals surface area contributed by atoms with Crippen LogP contribution in [0, 0.1) is 0 Å². The molecule has 0 bridgehead atoms. The minimum absolute atomic E-state index is 0.0774. The van der Waals surface area contributed by atoms with Crippen LogP contribution in [-0.4, -0.2) is 48.3 Å². The molecular weight excluding hydrogens is 182 g/mol. The van der Waals surface area contributed by atoms with Gasteiger partial charge in [-0.25, -0.2) is 4.79 Å². The molecule has 1 aliphatic rings. The van der Waals surface area contributed by atoms with Gasteiger partial charge in [-0.15, -0.1) is 0 Å². The Labute approximate surface area is 84.8 Å². The highest BCUT2D eigenvalue weighted by Crippen LogP contribution is 2.13. The van der Waals surface area contributed by atoms with Gasteiger partial charge >= 0.3 is 5.97 Å². The van der Waals surface area contributed by atoms with Crippen molar-refractivity contribution in [3.05, 3.63) is 0 Å². The number of rotatable bonds is 3. The van der Waals surface area contributed by atoms with Gasteiger partial charge < -0.3 is 14.7 Å². The molecule has 2 unspecified atom stereocenters. The zero-order valence-electron chi connectivity index (χ0n) is 8.90. The zero-order chi connectivity index (χ0) is 10.6. The highest BCUT2D eigenvalue weighted by molar-refractivity contribution is 5.71. The molecular formula is C10H19NO3. The van der Waals surface area contributed by atoms with E-state index in [0.29, 0.717) is 0 Å². The van der Waals surface area contributed by atoms with E-state index in [2.05, 4.69) is 4.90 Å². The largest absolute Gasteiger partial charge is 0.479 e. The molecule has 0 aromatic rings. The highest BCUT2D eigenvalue weighted by Gasteiger charge is 2.21. The molecule has 0 amide bonds. The summed E-state index contributed by atoms with van der Waals surface area (Å²) in [6.07, 6.45) is 2.67. The maximum atomic E-state index is 10.6. The second-order valence-electron chi connectivity index (χ2n) is 4.00. The van der Waals surface area contributed by atoms with Crippen LogP contribution in [0.5, 0.6) is 0 Å². The van der Waals surface area contributed by atoms with E-state index in [4.69, 9.17) is 9.84 Å². The number of nitrogens with zero attached hydrogens (tertiary/aromatic N) is 1. The van der Waals surface area contributed by atoms with Crippen LogP contribution in [0.1, 0.15) is 26.2 Å². The minimum Gasteiger partial charge on any atom is -0.479 e. The Morgan fingerprint density at radius 3 is 2.93 bits per heavy atom. The summed E-state index contributed by atoms with van der Waals surface area (Å²) in [7, 11) is 2.05. The number of hydrogen-bond acceptors (Lipinski definition) is 3. The molecule has 1 heterocycles. The van der Waals surface area contributed by atoms with Gasteiger partial charge in [0.05, 0.1) is 6.10 Å². The predicted octanol–water partition coefficient (Wildman–Crippen LogP) is 0.960. The summed E-state index contributed by atoms with van der Waals surface area (Å²) < 4.78 is 5.46. The first-order valence-corrected chi connectivity index (χ1v) is 5.16. The molecule has 0 aromatic heterocycles. The lowest BCUT2D eigenvalue weighted by Gasteiger charge is -2.22. The molecule has 1 rings (SSSR count). The Kier molecular flexibility index (Phi) is 4.35. The molecule has 0 spiro atoms. The lowest BCUT2D eigenvalue weighted by atomic mass is 10.2. The Hall–Kier alpha value is -0.610. The first kappa shape index (κ1) is 11.5. The van der Waals surface area contributed by atoms with E-state index in [9.17, 15) is 4.79 Å². The number of aliphatic carboxylic acids is 1. The van der Waals surface area contributed by atoms with Crippen LogP contribution in [0.2, 0.25) is 0 Å². The van der Waals surface area contributed by atoms with Gasteiger partial charge in [-0.2, -0.15) is 0 Å². The lowest BCUT2D eigenvalue weighted by molar-refractivity contribution is -0.153. The molecule has 4 nitrogen and oxygen atoms in total. The fraction of sp³-hybridized carbons (Fsp3) is 0.900. The second kappa shape index (κ2) is 5.32. The van der Waals surface area contributed by atoms with Gasteiger partial charge in [-0.3, -0.25) is 0 Å². The van der Waals surface area contributed by atoms with Crippen LogP contribution >= 0.6 is 0 Å². The van der Waals surface area contributed by atoms with Crippen molar-refractivity contribution in [1.29, 1.82) is 0 Å². The van der Waals surface area contributed by atoms with Crippen LogP contribution < -0.4 is 0 Å². The molecule has 0 radical (unpaired) electrons. The van der Waals surface area contributed by atoms with Gasteiger partial charge in [0, 0.05) is 6.54 Å². The van der Waals surface area contributed by atoms with Crippen LogP contribution in [0.4, 0.5) is 0 Å². The smallest absolute Gasteiger partial charge is 0.332 e. The zero-order valence-corrected chi connectivity index (χ0v) is 8.90. The molecule has 1 saturated heterocycles. The molecule has 0 saturated carbocycles. The number of likely N-dealkylation sites (N-methyl/N-ethyl adjacent to an activating group) is 1. The van der Waals surface area contributed by atoms with E-state index in [1.165, 1.54) is 6.42 Å². The van der Waals surface area contributed by atoms with Crippen molar-refractivity contribution in [3.8, 4) is 0 Å². The summed E-state index contributed by atoms with van der Waals surface area (Å²) in [5, 5.41) is 8.71. The number of likely N-dealkylation sites (tertiary alicyclic amines) is 1. The Morgan fingerprint density at radius 2 is 2.29 bits per heavy atom. The van der Waals surface area contributed by atoms with Crippen molar-refractivity contribution >= 4 is 5.97 Å². The Balaban J connectivity index is 2.38. The highest BCUT2D eigenvalue weighted by atomic mass is 16.5. The third-order valence-electron chi connectivity index (χ3n) is 2.58. The van der Waals surface area contributed by atoms with Crippen LogP contribution in [0.15, 0.2) is 0 Å². The molecule has 1 aliphatic heterocycles. The minimum atomic E-state index is -0.878. The Morgan fingerprint density at radius 1 is 1.57 bits per heavy atom. The summed E-state index contributed by atoms with van der Waals surface area (Å²) in [6.45, 7) is 3.52. The summed E-state index contributed by atoms with van der Waals surface area (Å²) in [4.78, 5) is 12.8. The van der Waals surface area contributed by atoms with E-state index in [1.807, 2.05) is 7.05 Å². The first-order chi connectivity index (χ1) is 6.59. The third-order valence-corrected chi connectivity index (χ3v) is 2.58. The fourth-order valence-corrected chi connectivity index (χ4v) is 1.74. The van der Waals surface area contributed by atoms with Crippen LogP contribution in [0.3, 0.4) is 0 Å². The van der Waals surface area contributed by atoms with E-state index < -0.39 is 12.1 Å². The molecule has 2 atom stereocenters. The molecule has 0 aliphatic carbocycles. The van der Waals surface area contributed by atoms with E-state index in [1.54, 1.807) is 6.92 Å². The van der Waals surface area contributed by atoms with Gasteiger partial charge in [-0.1, -0.05) is 0 Å². The van der Waals surface area contributed by atoms with Crippen LogP contribution in [0.25, 0.3) is 0 Å². The molecule has 0 aromatic carbocycles.